The summed E-state index contributed by atoms with van der Waals surface area (Å²) in [6.45, 7) is 0.684. The van der Waals surface area contributed by atoms with Gasteiger partial charge < -0.3 is 15.5 Å². The Morgan fingerprint density at radius 1 is 1.28 bits per heavy atom. The second kappa shape index (κ2) is 8.43. The molecule has 0 heterocycles. The zero-order chi connectivity index (χ0) is 18.4. The highest BCUT2D eigenvalue weighted by Gasteiger charge is 2.61. The maximum Gasteiger partial charge on any atom is 0.314 e. The highest BCUT2D eigenvalue weighted by atomic mass is 35.5. The Morgan fingerprint density at radius 3 is 2.40 bits per heavy atom. The molecule has 2 aromatic carbocycles. The molecule has 134 valence electrons. The van der Waals surface area contributed by atoms with Gasteiger partial charge in [0.2, 0.25) is 0 Å². The fraction of sp³-hybridized carbons (Fsp3) is 0.316. The normalized spacial score (nSPS) is 21.2. The van der Waals surface area contributed by atoms with Crippen molar-refractivity contribution in [3.05, 3.63) is 70.5 Å². The van der Waals surface area contributed by atoms with E-state index < -0.39 is 11.4 Å². The van der Waals surface area contributed by atoms with Gasteiger partial charge >= 0.3 is 5.97 Å². The zero-order valence-corrected chi connectivity index (χ0v) is 14.6. The fourth-order valence-corrected chi connectivity index (χ4v) is 3.07. The van der Waals surface area contributed by atoms with Crippen molar-refractivity contribution in [2.24, 2.45) is 5.92 Å². The summed E-state index contributed by atoms with van der Waals surface area (Å²) in [6.07, 6.45) is 0.421. The predicted molar refractivity (Wildman–Crippen MR) is 95.1 cm³/mol. The Bertz CT molecular complexity index is 723. The molecule has 0 saturated heterocycles. The van der Waals surface area contributed by atoms with Gasteiger partial charge in [0.1, 0.15) is 5.82 Å². The lowest BCUT2D eigenvalue weighted by Gasteiger charge is -2.11. The first-order chi connectivity index (χ1) is 12.0. The Kier molecular flexibility index (Phi) is 6.53. The molecule has 1 aliphatic rings. The molecule has 0 radical (unpaired) electrons. The van der Waals surface area contributed by atoms with Crippen LogP contribution in [0.2, 0.25) is 5.02 Å². The average molecular weight is 366 g/mol. The van der Waals surface area contributed by atoms with Crippen molar-refractivity contribution in [2.45, 2.75) is 18.4 Å². The largest absolute Gasteiger partial charge is 0.481 e. The number of aliphatic hydroxyl groups excluding tert-OH is 1. The Labute approximate surface area is 151 Å². The van der Waals surface area contributed by atoms with Crippen molar-refractivity contribution in [3.63, 3.8) is 0 Å². The third-order valence-corrected chi connectivity index (χ3v) is 4.76. The third kappa shape index (κ3) is 4.37. The fourth-order valence-electron chi connectivity index (χ4n) is 2.87. The summed E-state index contributed by atoms with van der Waals surface area (Å²) in [7, 11) is 1.91. The maximum atomic E-state index is 12.7. The maximum absolute atomic E-state index is 12.7. The van der Waals surface area contributed by atoms with Gasteiger partial charge in [0.25, 0.3) is 0 Å². The lowest BCUT2D eigenvalue weighted by atomic mass is 9.93. The number of aliphatic hydroxyl groups is 1. The molecule has 3 N–H and O–H groups in total. The molecule has 0 unspecified atom stereocenters. The quantitative estimate of drug-likeness (QED) is 0.761. The second-order valence-corrected chi connectivity index (χ2v) is 6.40. The van der Waals surface area contributed by atoms with Gasteiger partial charge in [0.05, 0.1) is 5.41 Å². The Morgan fingerprint density at radius 2 is 1.92 bits per heavy atom. The van der Waals surface area contributed by atoms with E-state index in [1.165, 1.54) is 24.3 Å². The zero-order valence-electron chi connectivity index (χ0n) is 13.9. The first-order valence-electron chi connectivity index (χ1n) is 7.94. The van der Waals surface area contributed by atoms with Gasteiger partial charge in [0, 0.05) is 24.1 Å². The second-order valence-electron chi connectivity index (χ2n) is 5.99. The standard InChI is InChI=1S/C11H11FO3.C8H10ClN/c12-9-3-1-7(2-4-9)11(10(14)15)5-8(11)6-13;1-10-6-7-4-2-3-5-8(7)9/h1-4,8,13H,5-6H2,(H,14,15);2-5,10H,6H2,1H3/t8-,11+;/m0./s1. The highest BCUT2D eigenvalue weighted by Crippen LogP contribution is 2.54. The first kappa shape index (κ1) is 19.4. The van der Waals surface area contributed by atoms with Crippen LogP contribution in [0.4, 0.5) is 4.39 Å². The molecule has 0 bridgehead atoms. The van der Waals surface area contributed by atoms with E-state index >= 15 is 0 Å². The predicted octanol–water partition coefficient (Wildman–Crippen LogP) is 3.22. The van der Waals surface area contributed by atoms with Gasteiger partial charge in [-0.05, 0) is 42.8 Å². The number of carbonyl (C=O) groups is 1. The monoisotopic (exact) mass is 365 g/mol. The molecule has 4 nitrogen and oxygen atoms in total. The first-order valence-corrected chi connectivity index (χ1v) is 8.31. The van der Waals surface area contributed by atoms with Crippen LogP contribution in [-0.2, 0) is 16.8 Å². The van der Waals surface area contributed by atoms with Crippen molar-refractivity contribution in [1.29, 1.82) is 0 Å². The molecule has 0 amide bonds. The topological polar surface area (TPSA) is 69.6 Å². The molecule has 2 atom stereocenters. The summed E-state index contributed by atoms with van der Waals surface area (Å²) >= 11 is 5.86. The van der Waals surface area contributed by atoms with Gasteiger partial charge in [-0.1, -0.05) is 41.9 Å². The number of hydrogen-bond donors (Lipinski definition) is 3. The lowest BCUT2D eigenvalue weighted by Crippen LogP contribution is -2.23. The molecule has 1 fully saturated rings. The molecule has 1 saturated carbocycles. The van der Waals surface area contributed by atoms with Gasteiger partial charge in [-0.15, -0.1) is 0 Å². The van der Waals surface area contributed by atoms with Crippen molar-refractivity contribution in [2.75, 3.05) is 13.7 Å². The van der Waals surface area contributed by atoms with E-state index in [9.17, 15) is 9.18 Å². The van der Waals surface area contributed by atoms with Crippen molar-refractivity contribution >= 4 is 17.6 Å². The van der Waals surface area contributed by atoms with E-state index in [1.807, 2.05) is 31.3 Å². The molecule has 25 heavy (non-hydrogen) atoms. The number of hydrogen-bond acceptors (Lipinski definition) is 3. The average Bonchev–Trinajstić information content (AvgIpc) is 3.34. The van der Waals surface area contributed by atoms with Crippen molar-refractivity contribution < 1.29 is 19.4 Å². The van der Waals surface area contributed by atoms with E-state index in [0.29, 0.717) is 12.0 Å². The molecule has 3 rings (SSSR count). The van der Waals surface area contributed by atoms with Crippen LogP contribution in [-0.4, -0.2) is 29.8 Å². The van der Waals surface area contributed by atoms with Crippen LogP contribution in [0.15, 0.2) is 48.5 Å². The summed E-state index contributed by atoms with van der Waals surface area (Å²) in [5, 5.41) is 22.0. The number of carboxylic acid groups (broad SMARTS) is 1. The highest BCUT2D eigenvalue weighted by molar-refractivity contribution is 6.31. The molecular formula is C19H21ClFNO3. The van der Waals surface area contributed by atoms with E-state index in [4.69, 9.17) is 21.8 Å². The summed E-state index contributed by atoms with van der Waals surface area (Å²) in [6, 6.07) is 13.3. The minimum atomic E-state index is -0.998. The van der Waals surface area contributed by atoms with Gasteiger partial charge in [-0.3, -0.25) is 4.79 Å². The molecule has 0 aromatic heterocycles. The minimum absolute atomic E-state index is 0.149. The molecular weight excluding hydrogens is 345 g/mol. The third-order valence-electron chi connectivity index (χ3n) is 4.39. The molecule has 2 aromatic rings. The Hall–Kier alpha value is -1.95. The molecule has 0 spiro atoms. The SMILES string of the molecule is CNCc1ccccc1Cl.O=C(O)[C@@]1(c2ccc(F)cc2)C[C@H]1CO. The van der Waals surface area contributed by atoms with Crippen LogP contribution < -0.4 is 5.32 Å². The van der Waals surface area contributed by atoms with Crippen LogP contribution in [0.3, 0.4) is 0 Å². The summed E-state index contributed by atoms with van der Waals surface area (Å²) in [5.74, 6) is -1.59. The number of aliphatic carboxylic acids is 1. The molecule has 0 aliphatic heterocycles. The summed E-state index contributed by atoms with van der Waals surface area (Å²) < 4.78 is 12.7. The van der Waals surface area contributed by atoms with Gasteiger partial charge in [0.15, 0.2) is 0 Å². The summed E-state index contributed by atoms with van der Waals surface area (Å²) in [5.41, 5.74) is 0.713. The van der Waals surface area contributed by atoms with E-state index in [-0.39, 0.29) is 18.3 Å². The van der Waals surface area contributed by atoms with Crippen LogP contribution in [0.1, 0.15) is 17.5 Å². The van der Waals surface area contributed by atoms with Crippen LogP contribution >= 0.6 is 11.6 Å². The van der Waals surface area contributed by atoms with E-state index in [2.05, 4.69) is 5.32 Å². The van der Waals surface area contributed by atoms with Crippen LogP contribution in [0.5, 0.6) is 0 Å². The smallest absolute Gasteiger partial charge is 0.314 e. The lowest BCUT2D eigenvalue weighted by molar-refractivity contribution is -0.140. The number of halogens is 2. The Balaban J connectivity index is 0.000000196. The van der Waals surface area contributed by atoms with Crippen molar-refractivity contribution in [1.82, 2.24) is 5.32 Å². The van der Waals surface area contributed by atoms with Gasteiger partial charge in [-0.2, -0.15) is 0 Å². The van der Waals surface area contributed by atoms with Gasteiger partial charge in [-0.25, -0.2) is 4.39 Å². The molecule has 6 heteroatoms. The van der Waals surface area contributed by atoms with Crippen LogP contribution in [0, 0.1) is 11.7 Å². The number of benzene rings is 2. The summed E-state index contributed by atoms with van der Waals surface area (Å²) in [4.78, 5) is 11.1. The number of nitrogens with one attached hydrogen (secondary N) is 1. The van der Waals surface area contributed by atoms with Crippen LogP contribution in [0.25, 0.3) is 0 Å². The van der Waals surface area contributed by atoms with E-state index in [0.717, 1.165) is 17.1 Å². The molecule has 1 aliphatic carbocycles. The van der Waals surface area contributed by atoms with Crippen molar-refractivity contribution in [3.8, 4) is 0 Å². The van der Waals surface area contributed by atoms with E-state index in [1.54, 1.807) is 0 Å². The minimum Gasteiger partial charge on any atom is -0.481 e. The number of carboxylic acids is 1. The number of rotatable bonds is 5.